The minimum Gasteiger partial charge on any atom is -0.497 e. The Hall–Kier alpha value is -3.24. The molecule has 10 heteroatoms. The molecular formula is C25H27BrN2O6S. The van der Waals surface area contributed by atoms with Crippen LogP contribution in [0.4, 0.5) is 5.69 Å². The van der Waals surface area contributed by atoms with Crippen LogP contribution in [0.3, 0.4) is 0 Å². The summed E-state index contributed by atoms with van der Waals surface area (Å²) in [5.41, 5.74) is 1.19. The van der Waals surface area contributed by atoms with Gasteiger partial charge >= 0.3 is 0 Å². The molecule has 1 amide bonds. The Morgan fingerprint density at radius 1 is 0.943 bits per heavy atom. The first-order chi connectivity index (χ1) is 16.7. The highest BCUT2D eigenvalue weighted by molar-refractivity contribution is 9.10. The van der Waals surface area contributed by atoms with Crippen LogP contribution in [0.15, 0.2) is 76.1 Å². The number of hydrogen-bond acceptors (Lipinski definition) is 6. The molecule has 0 heterocycles. The maximum absolute atomic E-state index is 13.7. The van der Waals surface area contributed by atoms with Gasteiger partial charge in [0.25, 0.3) is 10.0 Å². The molecule has 3 aromatic rings. The van der Waals surface area contributed by atoms with Gasteiger partial charge < -0.3 is 19.5 Å². The van der Waals surface area contributed by atoms with E-state index in [2.05, 4.69) is 21.2 Å². The lowest BCUT2D eigenvalue weighted by Gasteiger charge is -2.25. The first-order valence-electron chi connectivity index (χ1n) is 10.6. The van der Waals surface area contributed by atoms with Crippen molar-refractivity contribution in [2.24, 2.45) is 0 Å². The molecule has 186 valence electrons. The van der Waals surface area contributed by atoms with Gasteiger partial charge in [-0.1, -0.05) is 28.1 Å². The molecule has 3 rings (SSSR count). The summed E-state index contributed by atoms with van der Waals surface area (Å²) in [7, 11) is 0.261. The summed E-state index contributed by atoms with van der Waals surface area (Å²) in [6.07, 6.45) is 0. The van der Waals surface area contributed by atoms with Crippen molar-refractivity contribution in [2.75, 3.05) is 32.2 Å². The van der Waals surface area contributed by atoms with Gasteiger partial charge in [-0.25, -0.2) is 8.42 Å². The number of nitrogens with one attached hydrogen (secondary N) is 1. The molecule has 0 fully saturated rings. The van der Waals surface area contributed by atoms with E-state index in [1.165, 1.54) is 39.5 Å². The molecule has 0 aliphatic rings. The highest BCUT2D eigenvalue weighted by atomic mass is 79.9. The second-order valence-electron chi connectivity index (χ2n) is 7.57. The second-order valence-corrected chi connectivity index (χ2v) is 10.3. The lowest BCUT2D eigenvalue weighted by molar-refractivity contribution is -0.120. The van der Waals surface area contributed by atoms with Crippen LogP contribution in [0.25, 0.3) is 0 Å². The lowest BCUT2D eigenvalue weighted by atomic mass is 10.1. The summed E-state index contributed by atoms with van der Waals surface area (Å²) in [4.78, 5) is 13.0. The van der Waals surface area contributed by atoms with Crippen LogP contribution in [0.2, 0.25) is 0 Å². The Labute approximate surface area is 214 Å². The predicted octanol–water partition coefficient (Wildman–Crippen LogP) is 4.55. The van der Waals surface area contributed by atoms with Crippen molar-refractivity contribution in [3.8, 4) is 17.2 Å². The predicted molar refractivity (Wildman–Crippen MR) is 138 cm³/mol. The second kappa shape index (κ2) is 11.5. The zero-order valence-corrected chi connectivity index (χ0v) is 22.2. The molecule has 1 atom stereocenters. The molecule has 1 unspecified atom stereocenters. The van der Waals surface area contributed by atoms with E-state index < -0.39 is 22.5 Å². The number of carbonyl (C=O) groups is 1. The van der Waals surface area contributed by atoms with Crippen LogP contribution in [0.5, 0.6) is 17.2 Å². The van der Waals surface area contributed by atoms with E-state index in [4.69, 9.17) is 14.2 Å². The summed E-state index contributed by atoms with van der Waals surface area (Å²) in [6.45, 7) is 1.40. The molecule has 0 spiro atoms. The van der Waals surface area contributed by atoms with Gasteiger partial charge in [-0.15, -0.1) is 0 Å². The summed E-state index contributed by atoms with van der Waals surface area (Å²) < 4.78 is 45.0. The molecule has 0 aromatic heterocycles. The number of hydrogen-bond donors (Lipinski definition) is 1. The summed E-state index contributed by atoms with van der Waals surface area (Å²) in [5.74, 6) is 0.751. The monoisotopic (exact) mass is 562 g/mol. The van der Waals surface area contributed by atoms with E-state index in [9.17, 15) is 13.2 Å². The number of halogens is 1. The van der Waals surface area contributed by atoms with E-state index in [0.717, 1.165) is 14.3 Å². The number of ether oxygens (including phenoxy) is 3. The van der Waals surface area contributed by atoms with Crippen LogP contribution in [0, 0.1) is 0 Å². The molecule has 8 nitrogen and oxygen atoms in total. The smallest absolute Gasteiger partial charge is 0.264 e. The first kappa shape index (κ1) is 26.4. The first-order valence-corrected chi connectivity index (χ1v) is 12.9. The Balaban J connectivity index is 1.95. The van der Waals surface area contributed by atoms with Gasteiger partial charge in [0, 0.05) is 10.5 Å². The highest BCUT2D eigenvalue weighted by Crippen LogP contribution is 2.32. The highest BCUT2D eigenvalue weighted by Gasteiger charge is 2.29. The van der Waals surface area contributed by atoms with E-state index in [1.54, 1.807) is 24.3 Å². The normalized spacial score (nSPS) is 11.9. The van der Waals surface area contributed by atoms with E-state index in [-0.39, 0.29) is 16.7 Å². The van der Waals surface area contributed by atoms with Crippen molar-refractivity contribution in [1.29, 1.82) is 0 Å². The van der Waals surface area contributed by atoms with Gasteiger partial charge in [0.05, 0.1) is 38.0 Å². The molecule has 0 bridgehead atoms. The van der Waals surface area contributed by atoms with Gasteiger partial charge in [-0.3, -0.25) is 9.10 Å². The Morgan fingerprint density at radius 3 is 2.23 bits per heavy atom. The van der Waals surface area contributed by atoms with Gasteiger partial charge in [0.2, 0.25) is 5.91 Å². The number of rotatable bonds is 10. The van der Waals surface area contributed by atoms with Crippen LogP contribution < -0.4 is 23.8 Å². The zero-order chi connectivity index (χ0) is 25.6. The van der Waals surface area contributed by atoms with Crippen molar-refractivity contribution >= 4 is 37.5 Å². The van der Waals surface area contributed by atoms with Crippen molar-refractivity contribution in [3.63, 3.8) is 0 Å². The number of amides is 1. The van der Waals surface area contributed by atoms with E-state index in [1.807, 2.05) is 31.2 Å². The van der Waals surface area contributed by atoms with Gasteiger partial charge in [-0.05, 0) is 61.0 Å². The third kappa shape index (κ3) is 6.26. The fourth-order valence-electron chi connectivity index (χ4n) is 3.44. The topological polar surface area (TPSA) is 94.2 Å². The number of sulfonamides is 1. The maximum Gasteiger partial charge on any atom is 0.264 e. The van der Waals surface area contributed by atoms with E-state index in [0.29, 0.717) is 17.2 Å². The lowest BCUT2D eigenvalue weighted by Crippen LogP contribution is -2.41. The molecular weight excluding hydrogens is 536 g/mol. The fourth-order valence-corrected chi connectivity index (χ4v) is 5.30. The minimum absolute atomic E-state index is 0.0428. The summed E-state index contributed by atoms with van der Waals surface area (Å²) >= 11 is 3.42. The summed E-state index contributed by atoms with van der Waals surface area (Å²) in [5, 5.41) is 2.88. The molecule has 0 saturated heterocycles. The standard InChI is InChI=1S/C25H27BrN2O6S/c1-17(18-6-5-7-19(26)14-18)27-25(29)16-28(20-8-10-21(32-2)11-9-20)35(30,31)22-12-13-23(33-3)24(15-22)34-4/h5-15,17H,16H2,1-4H3,(H,27,29). The number of benzene rings is 3. The number of anilines is 1. The average molecular weight is 563 g/mol. The van der Waals surface area contributed by atoms with Crippen molar-refractivity contribution in [1.82, 2.24) is 5.32 Å². The van der Waals surface area contributed by atoms with Crippen molar-refractivity contribution in [2.45, 2.75) is 17.9 Å². The molecule has 0 aliphatic heterocycles. The molecule has 0 saturated carbocycles. The fraction of sp³-hybridized carbons (Fsp3) is 0.240. The molecule has 35 heavy (non-hydrogen) atoms. The van der Waals surface area contributed by atoms with Crippen LogP contribution >= 0.6 is 15.9 Å². The zero-order valence-electron chi connectivity index (χ0n) is 19.8. The Bertz CT molecular complexity index is 1280. The van der Waals surface area contributed by atoms with Crippen molar-refractivity contribution < 1.29 is 27.4 Å². The largest absolute Gasteiger partial charge is 0.497 e. The SMILES string of the molecule is COc1ccc(N(CC(=O)NC(C)c2cccc(Br)c2)S(=O)(=O)c2ccc(OC)c(OC)c2)cc1. The number of methoxy groups -OCH3 is 3. The molecule has 3 aromatic carbocycles. The van der Waals surface area contributed by atoms with Crippen LogP contribution in [-0.4, -0.2) is 42.2 Å². The van der Waals surface area contributed by atoms with Gasteiger partial charge in [-0.2, -0.15) is 0 Å². The summed E-state index contributed by atoms with van der Waals surface area (Å²) in [6, 6.07) is 17.9. The Morgan fingerprint density at radius 2 is 1.63 bits per heavy atom. The average Bonchev–Trinajstić information content (AvgIpc) is 2.86. The van der Waals surface area contributed by atoms with E-state index >= 15 is 0 Å². The van der Waals surface area contributed by atoms with Crippen LogP contribution in [-0.2, 0) is 14.8 Å². The molecule has 0 aliphatic carbocycles. The number of nitrogens with zero attached hydrogens (tertiary/aromatic N) is 1. The van der Waals surface area contributed by atoms with Crippen molar-refractivity contribution in [3.05, 3.63) is 76.8 Å². The van der Waals surface area contributed by atoms with Gasteiger partial charge in [0.15, 0.2) is 11.5 Å². The quantitative estimate of drug-likeness (QED) is 0.389. The maximum atomic E-state index is 13.7. The third-order valence-corrected chi connectivity index (χ3v) is 7.58. The van der Waals surface area contributed by atoms with Crippen LogP contribution in [0.1, 0.15) is 18.5 Å². The Kier molecular flexibility index (Phi) is 8.63. The minimum atomic E-state index is -4.14. The van der Waals surface area contributed by atoms with Gasteiger partial charge in [0.1, 0.15) is 12.3 Å². The third-order valence-electron chi connectivity index (χ3n) is 5.32. The molecule has 1 N–H and O–H groups in total. The molecule has 0 radical (unpaired) electrons. The number of carbonyl (C=O) groups excluding carboxylic acids is 1.